The van der Waals surface area contributed by atoms with Gasteiger partial charge in [0, 0.05) is 38.1 Å². The Morgan fingerprint density at radius 1 is 1.27 bits per heavy atom. The van der Waals surface area contributed by atoms with Gasteiger partial charge in [-0.05, 0) is 32.0 Å². The van der Waals surface area contributed by atoms with Crippen molar-refractivity contribution in [3.05, 3.63) is 33.6 Å². The number of carbonyl (C=O) groups excluding carboxylic acids is 2. The second-order valence-electron chi connectivity index (χ2n) is 7.29. The van der Waals surface area contributed by atoms with Gasteiger partial charge in [0.1, 0.15) is 0 Å². The summed E-state index contributed by atoms with van der Waals surface area (Å²) in [5.41, 5.74) is 0.290. The predicted molar refractivity (Wildman–Crippen MR) is 117 cm³/mol. The number of carbonyl (C=O) groups is 2. The normalized spacial score (nSPS) is 11.4. The van der Waals surface area contributed by atoms with Crippen molar-refractivity contribution in [2.75, 3.05) is 19.8 Å². The smallest absolute Gasteiger partial charge is 0.262 e. The minimum absolute atomic E-state index is 0.00924. The van der Waals surface area contributed by atoms with Crippen molar-refractivity contribution < 1.29 is 9.59 Å². The van der Waals surface area contributed by atoms with Gasteiger partial charge in [0.25, 0.3) is 5.56 Å². The van der Waals surface area contributed by atoms with Gasteiger partial charge in [-0.2, -0.15) is 0 Å². The predicted octanol–water partition coefficient (Wildman–Crippen LogP) is 1.79. The van der Waals surface area contributed by atoms with Crippen molar-refractivity contribution >= 4 is 51.9 Å². The van der Waals surface area contributed by atoms with Crippen molar-refractivity contribution in [3.8, 4) is 0 Å². The molecule has 9 nitrogen and oxygen atoms in total. The number of rotatable bonds is 7. The van der Waals surface area contributed by atoms with Gasteiger partial charge in [-0.15, -0.1) is 10.2 Å². The van der Waals surface area contributed by atoms with Crippen molar-refractivity contribution in [2.45, 2.75) is 38.0 Å². The Bertz CT molecular complexity index is 1170. The molecule has 2 heterocycles. The van der Waals surface area contributed by atoms with Crippen molar-refractivity contribution in [1.82, 2.24) is 29.4 Å². The minimum atomic E-state index is -0.300. The number of halogens is 1. The highest BCUT2D eigenvalue weighted by atomic mass is 35.5. The Morgan fingerprint density at radius 2 is 2.00 bits per heavy atom. The monoisotopic (exact) mass is 450 g/mol. The first-order valence-electron chi connectivity index (χ1n) is 9.38. The van der Waals surface area contributed by atoms with Crippen LogP contribution in [0.3, 0.4) is 0 Å². The molecule has 0 fully saturated rings. The molecule has 160 valence electrons. The molecule has 30 heavy (non-hydrogen) atoms. The standard InChI is InChI=1S/C19H23ClN6O3S/c1-11(2)21-15(27)7-8-25-17(29)13-9-12(20)5-6-14(13)26-18(25)22-23-19(26)30-10-16(28)24(3)4/h5-6,9,11H,7-8,10H2,1-4H3,(H,21,27). The van der Waals surface area contributed by atoms with Crippen LogP contribution in [0.2, 0.25) is 5.02 Å². The van der Waals surface area contributed by atoms with Crippen LogP contribution in [0, 0.1) is 0 Å². The zero-order chi connectivity index (χ0) is 22.0. The summed E-state index contributed by atoms with van der Waals surface area (Å²) in [4.78, 5) is 38.7. The Balaban J connectivity index is 2.09. The van der Waals surface area contributed by atoms with Gasteiger partial charge in [0.05, 0.1) is 16.7 Å². The van der Waals surface area contributed by atoms with E-state index in [2.05, 4.69) is 15.5 Å². The van der Waals surface area contributed by atoms with E-state index >= 15 is 0 Å². The number of aromatic nitrogens is 4. The molecular formula is C19H23ClN6O3S. The summed E-state index contributed by atoms with van der Waals surface area (Å²) < 4.78 is 3.14. The second kappa shape index (κ2) is 9.05. The third kappa shape index (κ3) is 4.59. The van der Waals surface area contributed by atoms with E-state index < -0.39 is 0 Å². The van der Waals surface area contributed by atoms with Crippen LogP contribution >= 0.6 is 23.4 Å². The first-order chi connectivity index (χ1) is 14.2. The topological polar surface area (TPSA) is 102 Å². The summed E-state index contributed by atoms with van der Waals surface area (Å²) in [5.74, 6) is 0.264. The van der Waals surface area contributed by atoms with Crippen LogP contribution in [0.25, 0.3) is 16.7 Å². The van der Waals surface area contributed by atoms with E-state index in [0.717, 1.165) is 0 Å². The van der Waals surface area contributed by atoms with Crippen LogP contribution in [-0.2, 0) is 16.1 Å². The SMILES string of the molecule is CC(C)NC(=O)CCn1c(=O)c2cc(Cl)ccc2n2c(SCC(=O)N(C)C)nnc12. The number of benzene rings is 1. The average Bonchev–Trinajstić information content (AvgIpc) is 3.09. The molecule has 0 spiro atoms. The number of nitrogens with one attached hydrogen (secondary N) is 1. The maximum atomic E-state index is 13.1. The molecule has 0 aliphatic heterocycles. The van der Waals surface area contributed by atoms with Gasteiger partial charge >= 0.3 is 0 Å². The Morgan fingerprint density at radius 3 is 2.67 bits per heavy atom. The largest absolute Gasteiger partial charge is 0.354 e. The third-order valence-electron chi connectivity index (χ3n) is 4.37. The highest BCUT2D eigenvalue weighted by Gasteiger charge is 2.19. The van der Waals surface area contributed by atoms with Gasteiger partial charge in [0.15, 0.2) is 5.16 Å². The molecule has 2 aromatic heterocycles. The van der Waals surface area contributed by atoms with E-state index in [4.69, 9.17) is 11.6 Å². The lowest BCUT2D eigenvalue weighted by Crippen LogP contribution is -2.32. The lowest BCUT2D eigenvalue weighted by molar-refractivity contribution is -0.126. The van der Waals surface area contributed by atoms with Gasteiger partial charge < -0.3 is 10.2 Å². The second-order valence-corrected chi connectivity index (χ2v) is 8.66. The highest BCUT2D eigenvalue weighted by molar-refractivity contribution is 7.99. The fraction of sp³-hybridized carbons (Fsp3) is 0.421. The lowest BCUT2D eigenvalue weighted by Gasteiger charge is -2.13. The molecule has 0 radical (unpaired) electrons. The van der Waals surface area contributed by atoms with Crippen LogP contribution in [0.1, 0.15) is 20.3 Å². The molecular weight excluding hydrogens is 428 g/mol. The van der Waals surface area contributed by atoms with Crippen molar-refractivity contribution in [1.29, 1.82) is 0 Å². The Hall–Kier alpha value is -2.59. The lowest BCUT2D eigenvalue weighted by atomic mass is 10.2. The number of fused-ring (bicyclic) bond motifs is 3. The number of hydrogen-bond acceptors (Lipinski definition) is 6. The molecule has 1 N–H and O–H groups in total. The molecule has 11 heteroatoms. The van der Waals surface area contributed by atoms with E-state index in [9.17, 15) is 14.4 Å². The summed E-state index contributed by atoms with van der Waals surface area (Å²) in [6.07, 6.45) is 0.119. The molecule has 0 unspecified atom stereocenters. The summed E-state index contributed by atoms with van der Waals surface area (Å²) in [6, 6.07) is 5.00. The highest BCUT2D eigenvalue weighted by Crippen LogP contribution is 2.23. The number of thioether (sulfide) groups is 1. The van der Waals surface area contributed by atoms with Crippen LogP contribution in [0.15, 0.2) is 28.2 Å². The molecule has 2 amide bonds. The van der Waals surface area contributed by atoms with Crippen LogP contribution in [-0.4, -0.2) is 61.8 Å². The van der Waals surface area contributed by atoms with E-state index in [1.54, 1.807) is 36.7 Å². The van der Waals surface area contributed by atoms with Gasteiger partial charge in [-0.3, -0.25) is 23.4 Å². The zero-order valence-corrected chi connectivity index (χ0v) is 18.8. The molecule has 0 aliphatic carbocycles. The Kier molecular flexibility index (Phi) is 6.67. The summed E-state index contributed by atoms with van der Waals surface area (Å²) >= 11 is 7.35. The van der Waals surface area contributed by atoms with E-state index in [1.807, 2.05) is 13.8 Å². The molecule has 1 aromatic carbocycles. The van der Waals surface area contributed by atoms with Gasteiger partial charge in [0.2, 0.25) is 17.6 Å². The van der Waals surface area contributed by atoms with Crippen LogP contribution < -0.4 is 10.9 Å². The van der Waals surface area contributed by atoms with Gasteiger partial charge in [-0.25, -0.2) is 0 Å². The quantitative estimate of drug-likeness (QED) is 0.551. The van der Waals surface area contributed by atoms with Crippen molar-refractivity contribution in [3.63, 3.8) is 0 Å². The maximum absolute atomic E-state index is 13.1. The van der Waals surface area contributed by atoms with E-state index in [1.165, 1.54) is 21.2 Å². The number of nitrogens with zero attached hydrogens (tertiary/aromatic N) is 5. The molecule has 0 saturated heterocycles. The third-order valence-corrected chi connectivity index (χ3v) is 5.52. The maximum Gasteiger partial charge on any atom is 0.262 e. The molecule has 0 saturated carbocycles. The first kappa shape index (κ1) is 22.1. The minimum Gasteiger partial charge on any atom is -0.354 e. The van der Waals surface area contributed by atoms with E-state index in [-0.39, 0.29) is 42.1 Å². The van der Waals surface area contributed by atoms with Crippen LogP contribution in [0.5, 0.6) is 0 Å². The fourth-order valence-electron chi connectivity index (χ4n) is 2.92. The molecule has 3 aromatic rings. The first-order valence-corrected chi connectivity index (χ1v) is 10.7. The van der Waals surface area contributed by atoms with Crippen molar-refractivity contribution in [2.24, 2.45) is 0 Å². The Labute approximate surface area is 182 Å². The molecule has 0 aliphatic rings. The van der Waals surface area contributed by atoms with E-state index in [0.29, 0.717) is 26.9 Å². The summed E-state index contributed by atoms with van der Waals surface area (Å²) in [6.45, 7) is 3.89. The molecule has 3 rings (SSSR count). The number of amides is 2. The summed E-state index contributed by atoms with van der Waals surface area (Å²) in [7, 11) is 3.37. The number of aryl methyl sites for hydroxylation is 1. The van der Waals surface area contributed by atoms with Gasteiger partial charge in [-0.1, -0.05) is 23.4 Å². The fourth-order valence-corrected chi connectivity index (χ4v) is 4.01. The summed E-state index contributed by atoms with van der Waals surface area (Å²) in [5, 5.41) is 12.5. The number of hydrogen-bond donors (Lipinski definition) is 1. The average molecular weight is 451 g/mol. The zero-order valence-electron chi connectivity index (χ0n) is 17.2. The molecule has 0 atom stereocenters. The molecule has 0 bridgehead atoms. The van der Waals surface area contributed by atoms with Crippen LogP contribution in [0.4, 0.5) is 0 Å².